The third kappa shape index (κ3) is 3.87. The molecular formula is C16H28N4O2. The lowest BCUT2D eigenvalue weighted by molar-refractivity contribution is -0.132. The number of aliphatic hydroxyl groups excluding tert-OH is 1. The first-order chi connectivity index (χ1) is 10.6. The fourth-order valence-corrected chi connectivity index (χ4v) is 3.17. The number of likely N-dealkylation sites (N-methyl/N-ethyl adjacent to an activating group) is 1. The number of aliphatic hydroxyl groups is 1. The second kappa shape index (κ2) is 7.74. The fourth-order valence-electron chi connectivity index (χ4n) is 3.17. The molecule has 0 saturated carbocycles. The van der Waals surface area contributed by atoms with Crippen LogP contribution in [0.25, 0.3) is 0 Å². The van der Waals surface area contributed by atoms with E-state index in [-0.39, 0.29) is 11.8 Å². The van der Waals surface area contributed by atoms with Gasteiger partial charge < -0.3 is 14.6 Å². The van der Waals surface area contributed by atoms with Crippen molar-refractivity contribution < 1.29 is 9.90 Å². The minimum Gasteiger partial charge on any atom is -0.385 e. The van der Waals surface area contributed by atoms with Gasteiger partial charge in [-0.25, -0.2) is 4.98 Å². The molecule has 0 radical (unpaired) electrons. The number of hydrogen-bond donors (Lipinski definition) is 1. The summed E-state index contributed by atoms with van der Waals surface area (Å²) >= 11 is 0. The molecule has 1 N–H and O–H groups in total. The molecule has 1 fully saturated rings. The van der Waals surface area contributed by atoms with Gasteiger partial charge in [0.1, 0.15) is 11.9 Å². The third-order valence-corrected chi connectivity index (χ3v) is 4.68. The van der Waals surface area contributed by atoms with Crippen LogP contribution in [-0.4, -0.2) is 63.1 Å². The number of aromatic nitrogens is 2. The standard InChI is InChI=1S/C16H28N4O2/c1-4-20(5-2)14(21)12-19-9-6-13(7-10-19)15(22)16-17-8-11-18(16)3/h8,11,13,15,22H,4-7,9-10,12H2,1-3H3. The van der Waals surface area contributed by atoms with Crippen LogP contribution < -0.4 is 0 Å². The Morgan fingerprint density at radius 3 is 2.55 bits per heavy atom. The Kier molecular flexibility index (Phi) is 5.97. The molecule has 1 aromatic heterocycles. The van der Waals surface area contributed by atoms with Crippen LogP contribution in [0, 0.1) is 5.92 Å². The van der Waals surface area contributed by atoms with Crippen molar-refractivity contribution in [1.82, 2.24) is 19.4 Å². The Morgan fingerprint density at radius 2 is 2.05 bits per heavy atom. The van der Waals surface area contributed by atoms with E-state index in [0.717, 1.165) is 44.8 Å². The van der Waals surface area contributed by atoms with Crippen molar-refractivity contribution >= 4 is 5.91 Å². The molecule has 1 saturated heterocycles. The Bertz CT molecular complexity index is 476. The maximum absolute atomic E-state index is 12.1. The lowest BCUT2D eigenvalue weighted by Gasteiger charge is -2.34. The Balaban J connectivity index is 1.83. The fraction of sp³-hybridized carbons (Fsp3) is 0.750. The number of imidazole rings is 1. The summed E-state index contributed by atoms with van der Waals surface area (Å²) < 4.78 is 1.88. The van der Waals surface area contributed by atoms with Crippen molar-refractivity contribution in [3.05, 3.63) is 18.2 Å². The number of aryl methyl sites for hydroxylation is 1. The number of rotatable bonds is 6. The van der Waals surface area contributed by atoms with E-state index in [9.17, 15) is 9.90 Å². The number of carbonyl (C=O) groups is 1. The molecule has 6 heteroatoms. The number of nitrogens with zero attached hydrogens (tertiary/aromatic N) is 4. The van der Waals surface area contributed by atoms with Crippen molar-refractivity contribution in [3.8, 4) is 0 Å². The highest BCUT2D eigenvalue weighted by Gasteiger charge is 2.29. The average molecular weight is 308 g/mol. The first-order valence-corrected chi connectivity index (χ1v) is 8.22. The van der Waals surface area contributed by atoms with Crippen LogP contribution in [0.2, 0.25) is 0 Å². The van der Waals surface area contributed by atoms with Gasteiger partial charge in [0.2, 0.25) is 5.91 Å². The van der Waals surface area contributed by atoms with Crippen molar-refractivity contribution in [2.45, 2.75) is 32.8 Å². The average Bonchev–Trinajstić information content (AvgIpc) is 2.94. The summed E-state index contributed by atoms with van der Waals surface area (Å²) in [5, 5.41) is 10.5. The lowest BCUT2D eigenvalue weighted by Crippen LogP contribution is -2.44. The normalized spacial score (nSPS) is 18.4. The molecule has 1 atom stereocenters. The van der Waals surface area contributed by atoms with Gasteiger partial charge in [0, 0.05) is 32.5 Å². The molecule has 0 bridgehead atoms. The third-order valence-electron chi connectivity index (χ3n) is 4.68. The minimum absolute atomic E-state index is 0.202. The molecular weight excluding hydrogens is 280 g/mol. The van der Waals surface area contributed by atoms with Crippen LogP contribution in [0.1, 0.15) is 38.6 Å². The second-order valence-electron chi connectivity index (χ2n) is 6.02. The predicted molar refractivity (Wildman–Crippen MR) is 85.3 cm³/mol. The summed E-state index contributed by atoms with van der Waals surface area (Å²) in [5.41, 5.74) is 0. The van der Waals surface area contributed by atoms with Gasteiger partial charge in [0.15, 0.2) is 0 Å². The van der Waals surface area contributed by atoms with Gasteiger partial charge >= 0.3 is 0 Å². The van der Waals surface area contributed by atoms with Gasteiger partial charge in [-0.15, -0.1) is 0 Å². The quantitative estimate of drug-likeness (QED) is 0.853. The van der Waals surface area contributed by atoms with Crippen molar-refractivity contribution in [3.63, 3.8) is 0 Å². The Labute approximate surface area is 132 Å². The van der Waals surface area contributed by atoms with Gasteiger partial charge in [-0.2, -0.15) is 0 Å². The van der Waals surface area contributed by atoms with E-state index in [1.807, 2.05) is 36.6 Å². The number of hydrogen-bond acceptors (Lipinski definition) is 4. The van der Waals surface area contributed by atoms with Crippen LogP contribution in [0.5, 0.6) is 0 Å². The molecule has 0 spiro atoms. The van der Waals surface area contributed by atoms with E-state index < -0.39 is 6.10 Å². The maximum Gasteiger partial charge on any atom is 0.236 e. The molecule has 1 aliphatic rings. The topological polar surface area (TPSA) is 61.6 Å². The molecule has 6 nitrogen and oxygen atoms in total. The summed E-state index contributed by atoms with van der Waals surface area (Å²) in [6.45, 7) is 7.77. The van der Waals surface area contributed by atoms with Gasteiger partial charge in [-0.1, -0.05) is 0 Å². The van der Waals surface area contributed by atoms with Crippen LogP contribution >= 0.6 is 0 Å². The van der Waals surface area contributed by atoms with Crippen molar-refractivity contribution in [1.29, 1.82) is 0 Å². The Morgan fingerprint density at radius 1 is 1.41 bits per heavy atom. The van der Waals surface area contributed by atoms with E-state index >= 15 is 0 Å². The SMILES string of the molecule is CCN(CC)C(=O)CN1CCC(C(O)c2nccn2C)CC1. The zero-order chi connectivity index (χ0) is 16.1. The largest absolute Gasteiger partial charge is 0.385 e. The Hall–Kier alpha value is -1.40. The second-order valence-corrected chi connectivity index (χ2v) is 6.02. The van der Waals surface area contributed by atoms with Crippen LogP contribution in [0.3, 0.4) is 0 Å². The summed E-state index contributed by atoms with van der Waals surface area (Å²) in [4.78, 5) is 20.5. The van der Waals surface area contributed by atoms with Gasteiger partial charge in [0.25, 0.3) is 0 Å². The summed E-state index contributed by atoms with van der Waals surface area (Å²) in [5.74, 6) is 1.16. The van der Waals surface area contributed by atoms with Gasteiger partial charge in [-0.05, 0) is 45.7 Å². The van der Waals surface area contributed by atoms with E-state index in [1.54, 1.807) is 6.20 Å². The van der Waals surface area contributed by atoms with Crippen molar-refractivity contribution in [2.75, 3.05) is 32.7 Å². The monoisotopic (exact) mass is 308 g/mol. The van der Waals surface area contributed by atoms with Gasteiger partial charge in [-0.3, -0.25) is 9.69 Å². The highest BCUT2D eigenvalue weighted by atomic mass is 16.3. The first-order valence-electron chi connectivity index (χ1n) is 8.22. The summed E-state index contributed by atoms with van der Waals surface area (Å²) in [7, 11) is 1.91. The number of carbonyl (C=O) groups excluding carboxylic acids is 1. The number of piperidine rings is 1. The van der Waals surface area contributed by atoms with Crippen LogP contribution in [0.15, 0.2) is 12.4 Å². The zero-order valence-electron chi connectivity index (χ0n) is 13.9. The summed E-state index contributed by atoms with van der Waals surface area (Å²) in [6, 6.07) is 0. The molecule has 2 rings (SSSR count). The summed E-state index contributed by atoms with van der Waals surface area (Å²) in [6.07, 6.45) is 4.87. The zero-order valence-corrected chi connectivity index (χ0v) is 13.9. The minimum atomic E-state index is -0.513. The van der Waals surface area contributed by atoms with Crippen molar-refractivity contribution in [2.24, 2.45) is 13.0 Å². The first kappa shape index (κ1) is 17.0. The molecule has 22 heavy (non-hydrogen) atoms. The number of likely N-dealkylation sites (tertiary alicyclic amines) is 1. The highest BCUT2D eigenvalue weighted by Crippen LogP contribution is 2.29. The molecule has 0 aliphatic carbocycles. The molecule has 1 unspecified atom stereocenters. The molecule has 1 aromatic rings. The van der Waals surface area contributed by atoms with Crippen LogP contribution in [-0.2, 0) is 11.8 Å². The molecule has 0 aromatic carbocycles. The van der Waals surface area contributed by atoms with E-state index in [1.165, 1.54) is 0 Å². The molecule has 2 heterocycles. The van der Waals surface area contributed by atoms with E-state index in [2.05, 4.69) is 9.88 Å². The smallest absolute Gasteiger partial charge is 0.236 e. The number of amides is 1. The van der Waals surface area contributed by atoms with E-state index in [0.29, 0.717) is 6.54 Å². The van der Waals surface area contributed by atoms with Gasteiger partial charge in [0.05, 0.1) is 6.54 Å². The van der Waals surface area contributed by atoms with E-state index in [4.69, 9.17) is 0 Å². The van der Waals surface area contributed by atoms with Crippen LogP contribution in [0.4, 0.5) is 0 Å². The molecule has 1 aliphatic heterocycles. The predicted octanol–water partition coefficient (Wildman–Crippen LogP) is 1.03. The maximum atomic E-state index is 12.1. The lowest BCUT2D eigenvalue weighted by atomic mass is 9.90. The molecule has 124 valence electrons. The molecule has 1 amide bonds. The highest BCUT2D eigenvalue weighted by molar-refractivity contribution is 5.78.